The Labute approximate surface area is 256 Å². The Hall–Kier alpha value is -3.85. The maximum atomic E-state index is 14.2. The summed E-state index contributed by atoms with van der Waals surface area (Å²) in [6.45, 7) is 5.91. The van der Waals surface area contributed by atoms with Crippen LogP contribution in [-0.2, 0) is 26.2 Å². The summed E-state index contributed by atoms with van der Waals surface area (Å²) in [5.41, 5.74) is 2.31. The molecular formula is C34H43N3O5S. The molecule has 3 aromatic rings. The maximum Gasteiger partial charge on any atom is 0.264 e. The Morgan fingerprint density at radius 3 is 2.16 bits per heavy atom. The molecule has 0 unspecified atom stereocenters. The van der Waals surface area contributed by atoms with Crippen LogP contribution in [0.3, 0.4) is 0 Å². The van der Waals surface area contributed by atoms with Crippen LogP contribution in [0.15, 0.2) is 83.8 Å². The fraction of sp³-hybridized carbons (Fsp3) is 0.412. The quantitative estimate of drug-likeness (QED) is 0.264. The molecule has 0 aliphatic heterocycles. The minimum atomic E-state index is -4.14. The molecule has 1 aliphatic rings. The van der Waals surface area contributed by atoms with E-state index in [-0.39, 0.29) is 23.4 Å². The topological polar surface area (TPSA) is 96.0 Å². The van der Waals surface area contributed by atoms with E-state index in [4.69, 9.17) is 4.74 Å². The lowest BCUT2D eigenvalue weighted by Crippen LogP contribution is -2.54. The molecule has 1 saturated carbocycles. The zero-order chi connectivity index (χ0) is 30.8. The second kappa shape index (κ2) is 15.0. The summed E-state index contributed by atoms with van der Waals surface area (Å²) >= 11 is 0. The average Bonchev–Trinajstić information content (AvgIpc) is 3.02. The number of hydrogen-bond acceptors (Lipinski definition) is 5. The second-order valence-electron chi connectivity index (χ2n) is 11.0. The number of carbonyl (C=O) groups is 2. The van der Waals surface area contributed by atoms with Crippen LogP contribution in [0.25, 0.3) is 0 Å². The van der Waals surface area contributed by atoms with Crippen LogP contribution in [-0.4, -0.2) is 50.4 Å². The number of sulfonamides is 1. The average molecular weight is 606 g/mol. The van der Waals surface area contributed by atoms with Crippen LogP contribution in [0, 0.1) is 6.92 Å². The Morgan fingerprint density at radius 1 is 0.907 bits per heavy atom. The molecule has 0 aromatic heterocycles. The van der Waals surface area contributed by atoms with Crippen molar-refractivity contribution in [2.75, 3.05) is 17.5 Å². The van der Waals surface area contributed by atoms with Crippen molar-refractivity contribution in [1.29, 1.82) is 0 Å². The van der Waals surface area contributed by atoms with Crippen molar-refractivity contribution in [3.63, 3.8) is 0 Å². The first-order chi connectivity index (χ1) is 20.7. The minimum absolute atomic E-state index is 0.0415. The zero-order valence-corrected chi connectivity index (χ0v) is 26.2. The highest BCUT2D eigenvalue weighted by Crippen LogP contribution is 2.26. The van der Waals surface area contributed by atoms with E-state index in [1.807, 2.05) is 45.0 Å². The highest BCUT2D eigenvalue weighted by Gasteiger charge is 2.34. The molecule has 2 amide bonds. The van der Waals surface area contributed by atoms with E-state index in [2.05, 4.69) is 5.32 Å². The molecule has 9 heteroatoms. The first-order valence-electron chi connectivity index (χ1n) is 15.2. The second-order valence-corrected chi connectivity index (χ2v) is 12.9. The highest BCUT2D eigenvalue weighted by molar-refractivity contribution is 7.92. The molecular weight excluding hydrogens is 562 g/mol. The summed E-state index contributed by atoms with van der Waals surface area (Å²) in [5.74, 6) is -0.0945. The third-order valence-corrected chi connectivity index (χ3v) is 9.64. The van der Waals surface area contributed by atoms with Gasteiger partial charge in [0.15, 0.2) is 0 Å². The number of amides is 2. The van der Waals surface area contributed by atoms with E-state index in [1.54, 1.807) is 42.5 Å². The molecule has 0 heterocycles. The molecule has 1 fully saturated rings. The van der Waals surface area contributed by atoms with E-state index < -0.39 is 28.5 Å². The van der Waals surface area contributed by atoms with E-state index >= 15 is 0 Å². The van der Waals surface area contributed by atoms with Gasteiger partial charge in [-0.05, 0) is 75.1 Å². The Bertz CT molecular complexity index is 1440. The van der Waals surface area contributed by atoms with Crippen LogP contribution in [0.4, 0.5) is 5.69 Å². The van der Waals surface area contributed by atoms with Gasteiger partial charge in [0.1, 0.15) is 18.3 Å². The number of para-hydroxylation sites is 1. The molecule has 4 rings (SSSR count). The third kappa shape index (κ3) is 8.38. The molecule has 1 aliphatic carbocycles. The van der Waals surface area contributed by atoms with Gasteiger partial charge in [-0.25, -0.2) is 8.42 Å². The number of nitrogens with zero attached hydrogens (tertiary/aromatic N) is 2. The molecule has 0 bridgehead atoms. The van der Waals surface area contributed by atoms with Crippen molar-refractivity contribution in [1.82, 2.24) is 10.2 Å². The first kappa shape index (κ1) is 32.1. The van der Waals surface area contributed by atoms with Crippen LogP contribution < -0.4 is 14.4 Å². The number of aryl methyl sites for hydroxylation is 1. The van der Waals surface area contributed by atoms with Gasteiger partial charge in [-0.15, -0.1) is 0 Å². The van der Waals surface area contributed by atoms with Crippen LogP contribution >= 0.6 is 0 Å². The van der Waals surface area contributed by atoms with Gasteiger partial charge < -0.3 is 15.0 Å². The van der Waals surface area contributed by atoms with Gasteiger partial charge in [-0.3, -0.25) is 13.9 Å². The van der Waals surface area contributed by atoms with E-state index in [1.165, 1.54) is 23.5 Å². The van der Waals surface area contributed by atoms with Gasteiger partial charge in [0.05, 0.1) is 17.2 Å². The number of benzene rings is 3. The summed E-state index contributed by atoms with van der Waals surface area (Å²) in [6.07, 6.45) is 5.56. The highest BCUT2D eigenvalue weighted by atomic mass is 32.2. The molecule has 230 valence electrons. The summed E-state index contributed by atoms with van der Waals surface area (Å²) in [5, 5.41) is 3.18. The van der Waals surface area contributed by atoms with Gasteiger partial charge in [-0.1, -0.05) is 74.2 Å². The molecule has 0 radical (unpaired) electrons. The molecule has 1 atom stereocenters. The summed E-state index contributed by atoms with van der Waals surface area (Å²) in [7, 11) is -4.14. The zero-order valence-electron chi connectivity index (χ0n) is 25.4. The standard InChI is InChI=1S/C34H43N3O5S/c1-4-32(34(39)35-28-12-8-6-9-13-28)36(24-27-18-16-26(3)17-19-27)33(38)25-37(29-14-10-7-11-15-29)43(40,41)31-22-20-30(21-23-31)42-5-2/h7,10-11,14-23,28,32H,4-6,8-9,12-13,24-25H2,1-3H3,(H,35,39)/t32-/m1/s1. The van der Waals surface area contributed by atoms with Crippen molar-refractivity contribution >= 4 is 27.5 Å². The van der Waals surface area contributed by atoms with Crippen molar-refractivity contribution in [3.8, 4) is 5.75 Å². The lowest BCUT2D eigenvalue weighted by atomic mass is 9.95. The lowest BCUT2D eigenvalue weighted by molar-refractivity contribution is -0.140. The Morgan fingerprint density at radius 2 is 1.56 bits per heavy atom. The van der Waals surface area contributed by atoms with E-state index in [0.717, 1.165) is 41.1 Å². The summed E-state index contributed by atoms with van der Waals surface area (Å²) in [6, 6.07) is 21.9. The molecule has 8 nitrogen and oxygen atoms in total. The van der Waals surface area contributed by atoms with Crippen molar-refractivity contribution < 1.29 is 22.7 Å². The molecule has 1 N–H and O–H groups in total. The summed E-state index contributed by atoms with van der Waals surface area (Å²) in [4.78, 5) is 29.5. The van der Waals surface area contributed by atoms with Gasteiger partial charge in [-0.2, -0.15) is 0 Å². The first-order valence-corrected chi connectivity index (χ1v) is 16.6. The predicted molar refractivity (Wildman–Crippen MR) is 169 cm³/mol. The number of nitrogens with one attached hydrogen (secondary N) is 1. The Kier molecular flexibility index (Phi) is 11.2. The largest absolute Gasteiger partial charge is 0.494 e. The SMILES string of the molecule is CCOc1ccc(S(=O)(=O)N(CC(=O)N(Cc2ccc(C)cc2)[C@H](CC)C(=O)NC2CCCCC2)c2ccccc2)cc1. The fourth-order valence-corrected chi connectivity index (χ4v) is 6.89. The van der Waals surface area contributed by atoms with E-state index in [0.29, 0.717) is 24.5 Å². The number of rotatable bonds is 13. The van der Waals surface area contributed by atoms with Crippen molar-refractivity contribution in [2.24, 2.45) is 0 Å². The summed E-state index contributed by atoms with van der Waals surface area (Å²) < 4.78 is 34.7. The van der Waals surface area contributed by atoms with Gasteiger partial charge in [0.2, 0.25) is 11.8 Å². The minimum Gasteiger partial charge on any atom is -0.494 e. The van der Waals surface area contributed by atoms with Gasteiger partial charge in [0, 0.05) is 12.6 Å². The van der Waals surface area contributed by atoms with Crippen LogP contribution in [0.5, 0.6) is 5.75 Å². The predicted octanol–water partition coefficient (Wildman–Crippen LogP) is 5.85. The molecule has 43 heavy (non-hydrogen) atoms. The monoisotopic (exact) mass is 605 g/mol. The number of carbonyl (C=O) groups excluding carboxylic acids is 2. The van der Waals surface area contributed by atoms with Gasteiger partial charge in [0.25, 0.3) is 10.0 Å². The smallest absolute Gasteiger partial charge is 0.264 e. The molecule has 0 spiro atoms. The van der Waals surface area contributed by atoms with Crippen LogP contribution in [0.1, 0.15) is 63.5 Å². The normalized spacial score (nSPS) is 14.5. The number of ether oxygens (including phenoxy) is 1. The van der Waals surface area contributed by atoms with Crippen LogP contribution in [0.2, 0.25) is 0 Å². The molecule has 3 aromatic carbocycles. The number of hydrogen-bond donors (Lipinski definition) is 1. The Balaban J connectivity index is 1.67. The van der Waals surface area contributed by atoms with Crippen molar-refractivity contribution in [3.05, 3.63) is 90.0 Å². The van der Waals surface area contributed by atoms with Gasteiger partial charge >= 0.3 is 0 Å². The maximum absolute atomic E-state index is 14.2. The van der Waals surface area contributed by atoms with Crippen molar-refractivity contribution in [2.45, 2.75) is 82.8 Å². The lowest BCUT2D eigenvalue weighted by Gasteiger charge is -2.34. The third-order valence-electron chi connectivity index (χ3n) is 7.86. The fourth-order valence-electron chi connectivity index (χ4n) is 5.48. The molecule has 0 saturated heterocycles. The number of anilines is 1. The van der Waals surface area contributed by atoms with E-state index in [9.17, 15) is 18.0 Å².